The van der Waals surface area contributed by atoms with Crippen molar-refractivity contribution < 1.29 is 97.1 Å². The van der Waals surface area contributed by atoms with E-state index in [0.717, 1.165) is 48.8 Å². The highest BCUT2D eigenvalue weighted by Gasteiger charge is 2.45. The highest BCUT2D eigenvalue weighted by atomic mass is 16.4. The van der Waals surface area contributed by atoms with Gasteiger partial charge in [-0.1, -0.05) is 65.5 Å². The maximum Gasteiger partial charge on any atom is 0.308 e. The van der Waals surface area contributed by atoms with E-state index >= 15 is 4.79 Å². The Kier molecular flexibility index (Phi) is 31.4. The second-order valence-corrected chi connectivity index (χ2v) is 23.6. The number of aliphatic carboxylic acids is 4. The molecule has 3 aliphatic rings. The van der Waals surface area contributed by atoms with Gasteiger partial charge in [-0.3, -0.25) is 76.7 Å². The van der Waals surface area contributed by atoms with Crippen molar-refractivity contribution in [3.8, 4) is 0 Å². The Morgan fingerprint density at radius 1 is 0.604 bits per heavy atom. The van der Waals surface area contributed by atoms with E-state index in [1.165, 1.54) is 13.8 Å². The maximum atomic E-state index is 15.2. The molecule has 3 saturated heterocycles. The number of carboxylic acid groups (broad SMARTS) is 4. The fourth-order valence-electron chi connectivity index (χ4n) is 10.4. The summed E-state index contributed by atoms with van der Waals surface area (Å²) in [7, 11) is 0. The summed E-state index contributed by atoms with van der Waals surface area (Å²) in [5, 5.41) is 62.2. The van der Waals surface area contributed by atoms with Crippen molar-refractivity contribution in [2.75, 3.05) is 26.2 Å². The average molecular weight is 1290 g/mol. The molecular weight excluding hydrogens is 1200 g/mol. The highest BCUT2D eigenvalue weighted by Crippen LogP contribution is 2.24. The normalized spacial score (nSPS) is 25.6. The Morgan fingerprint density at radius 3 is 1.70 bits per heavy atom. The maximum absolute atomic E-state index is 15.2. The second kappa shape index (κ2) is 37.4. The second-order valence-electron chi connectivity index (χ2n) is 23.6. The van der Waals surface area contributed by atoms with Gasteiger partial charge in [0.25, 0.3) is 0 Å². The lowest BCUT2D eigenvalue weighted by Gasteiger charge is -2.39. The summed E-state index contributed by atoms with van der Waals surface area (Å²) in [5.41, 5.74) is 6.11. The summed E-state index contributed by atoms with van der Waals surface area (Å²) in [6.07, 6.45) is 5.96. The lowest BCUT2D eigenvalue weighted by atomic mass is 9.96. The van der Waals surface area contributed by atoms with Gasteiger partial charge in [0, 0.05) is 25.6 Å². The third-order valence-electron chi connectivity index (χ3n) is 15.8. The highest BCUT2D eigenvalue weighted by molar-refractivity contribution is 6.01. The molecule has 3 heterocycles. The molecule has 0 aromatic heterocycles. The number of fused-ring (bicyclic) bond motifs is 2. The standard InChI is InChI=1S/C58H91N13O20/c1-8-30(4)18-13-11-9-10-12-14-21-39(72)63-36(26-44(79)80)51(83)69-48-33(7)62-52(84)38-20-17-23-71(38)56(88)45(29(2)3)67-55(87)47(32(6)59)66-41(74)28-61-49(81)34(24-42(75)76)64-40(73)27-60-50(82)35(25-43(77)78)65-54(86)46(31(5)58(90)91)68-53(85)37-19-15-16-22-70(37)57(48)89/h12,14,29-38,45-48H,8-11,13,15-28,59H2,1-7H3,(H,60,82)(H,61,81)(H,62,84)(H,63,72)(H,64,73)(H,65,86)(H,66,74)(H,67,87)(H,68,85)(H,69,83)(H,75,76)(H,77,78)(H,79,80)(H,90,91)/b14-12-/t30?,31-,32?,33+,34-,35-,36-,37?,38?,45-,46?,47+,48-/m0/s1. The lowest BCUT2D eigenvalue weighted by Crippen LogP contribution is -2.66. The molecule has 0 aromatic rings. The number of hydrogen-bond donors (Lipinski definition) is 15. The van der Waals surface area contributed by atoms with Gasteiger partial charge >= 0.3 is 23.9 Å². The van der Waals surface area contributed by atoms with Crippen LogP contribution in [0.25, 0.3) is 0 Å². The number of piperidine rings is 1. The first kappa shape index (κ1) is 76.5. The molecule has 16 N–H and O–H groups in total. The predicted molar refractivity (Wildman–Crippen MR) is 320 cm³/mol. The number of amides is 12. The molecule has 5 unspecified atom stereocenters. The monoisotopic (exact) mass is 1290 g/mol. The van der Waals surface area contributed by atoms with Gasteiger partial charge in [-0.05, 0) is 77.6 Å². The molecule has 0 aliphatic carbocycles. The summed E-state index contributed by atoms with van der Waals surface area (Å²) >= 11 is 0. The van der Waals surface area contributed by atoms with Crippen molar-refractivity contribution in [1.29, 1.82) is 0 Å². The Bertz CT molecular complexity index is 2710. The van der Waals surface area contributed by atoms with Gasteiger partial charge in [0.05, 0.1) is 44.3 Å². The SMILES string of the molecule is CCC(C)CCCCC/C=C\CC(=O)N[C@@H](CC(=O)O)C(=O)N[C@@H]1C(=O)N2CCCCC2C(=O)NC([C@H](C)C(=O)O)C(=O)N[C@@H](CC(=O)O)C(=O)NCC(=O)N[C@@H](CC(=O)O)C(=O)NCC(=O)N[C@H](C(C)N)C(=O)N[C@@H](C(C)C)C(=O)N2CCCC2C(=O)N[C@@H]1C. The first-order valence-electron chi connectivity index (χ1n) is 30.6. The number of allylic oxidation sites excluding steroid dienone is 1. The zero-order chi connectivity index (χ0) is 68.4. The fraction of sp³-hybridized carbons (Fsp3) is 0.690. The fourth-order valence-corrected chi connectivity index (χ4v) is 10.4. The molecule has 33 nitrogen and oxygen atoms in total. The van der Waals surface area contributed by atoms with E-state index in [9.17, 15) is 92.3 Å². The Morgan fingerprint density at radius 2 is 1.14 bits per heavy atom. The Balaban J connectivity index is 2.17. The van der Waals surface area contributed by atoms with E-state index in [4.69, 9.17) is 5.73 Å². The zero-order valence-electron chi connectivity index (χ0n) is 52.5. The van der Waals surface area contributed by atoms with Gasteiger partial charge in [-0.15, -0.1) is 0 Å². The van der Waals surface area contributed by atoms with Crippen molar-refractivity contribution in [2.24, 2.45) is 23.5 Å². The van der Waals surface area contributed by atoms with Crippen LogP contribution in [-0.2, 0) is 76.7 Å². The van der Waals surface area contributed by atoms with Crippen molar-refractivity contribution in [3.05, 3.63) is 12.2 Å². The van der Waals surface area contributed by atoms with E-state index in [1.54, 1.807) is 26.0 Å². The minimum Gasteiger partial charge on any atom is -0.481 e. The van der Waals surface area contributed by atoms with Crippen LogP contribution in [0.2, 0.25) is 0 Å². The number of nitrogens with two attached hydrogens (primary N) is 1. The van der Waals surface area contributed by atoms with Crippen molar-refractivity contribution in [3.63, 3.8) is 0 Å². The number of hydrogen-bond acceptors (Lipinski definition) is 17. The largest absolute Gasteiger partial charge is 0.481 e. The summed E-state index contributed by atoms with van der Waals surface area (Å²) in [5.74, 6) is -21.9. The molecule has 13 atom stereocenters. The molecule has 0 bridgehead atoms. The molecule has 0 saturated carbocycles. The summed E-state index contributed by atoms with van der Waals surface area (Å²) in [6.45, 7) is 8.66. The number of carbonyl (C=O) groups excluding carboxylic acids is 12. The lowest BCUT2D eigenvalue weighted by molar-refractivity contribution is -0.150. The molecule has 508 valence electrons. The number of nitrogens with zero attached hydrogens (tertiary/aromatic N) is 2. The Labute approximate surface area is 526 Å². The third-order valence-corrected chi connectivity index (χ3v) is 15.8. The van der Waals surface area contributed by atoms with E-state index in [0.29, 0.717) is 12.3 Å². The van der Waals surface area contributed by atoms with E-state index < -0.39 is 205 Å². The predicted octanol–water partition coefficient (Wildman–Crippen LogP) is -3.41. The smallest absolute Gasteiger partial charge is 0.308 e. The number of unbranched alkanes of at least 4 members (excludes halogenated alkanes) is 3. The van der Waals surface area contributed by atoms with Gasteiger partial charge in [-0.25, -0.2) is 0 Å². The molecule has 0 radical (unpaired) electrons. The van der Waals surface area contributed by atoms with Gasteiger partial charge < -0.3 is 89.1 Å². The number of rotatable bonds is 22. The van der Waals surface area contributed by atoms with Crippen LogP contribution in [0.15, 0.2) is 12.2 Å². The molecule has 3 aliphatic heterocycles. The van der Waals surface area contributed by atoms with Crippen LogP contribution >= 0.6 is 0 Å². The molecule has 0 spiro atoms. The number of nitrogens with one attached hydrogen (secondary N) is 10. The zero-order valence-corrected chi connectivity index (χ0v) is 52.5. The summed E-state index contributed by atoms with van der Waals surface area (Å²) < 4.78 is 0. The van der Waals surface area contributed by atoms with Crippen LogP contribution in [0.1, 0.15) is 145 Å². The van der Waals surface area contributed by atoms with Crippen molar-refractivity contribution >= 4 is 94.8 Å². The number of carboxylic acids is 4. The van der Waals surface area contributed by atoms with Crippen LogP contribution in [0.3, 0.4) is 0 Å². The molecule has 3 rings (SSSR count). The minimum absolute atomic E-state index is 0.0221. The van der Waals surface area contributed by atoms with Gasteiger partial charge in [0.1, 0.15) is 54.4 Å². The van der Waals surface area contributed by atoms with Crippen molar-refractivity contribution in [2.45, 2.75) is 211 Å². The molecule has 91 heavy (non-hydrogen) atoms. The summed E-state index contributed by atoms with van der Waals surface area (Å²) in [4.78, 5) is 218. The molecule has 0 aromatic carbocycles. The van der Waals surface area contributed by atoms with Crippen LogP contribution in [0.5, 0.6) is 0 Å². The van der Waals surface area contributed by atoms with Crippen LogP contribution < -0.4 is 58.9 Å². The van der Waals surface area contributed by atoms with E-state index in [2.05, 4.69) is 56.4 Å². The average Bonchev–Trinajstić information content (AvgIpc) is 1.82. The van der Waals surface area contributed by atoms with Crippen LogP contribution in [0, 0.1) is 17.8 Å². The summed E-state index contributed by atoms with van der Waals surface area (Å²) in [6, 6.07) is -18.5. The third kappa shape index (κ3) is 24.8. The first-order chi connectivity index (χ1) is 42.8. The van der Waals surface area contributed by atoms with Crippen LogP contribution in [0.4, 0.5) is 0 Å². The van der Waals surface area contributed by atoms with Gasteiger partial charge in [-0.2, -0.15) is 0 Å². The molecule has 33 heteroatoms. The Hall–Kier alpha value is -8.78. The molecular formula is C58H91N13O20. The quantitative estimate of drug-likeness (QED) is 0.0371. The van der Waals surface area contributed by atoms with Gasteiger partial charge in [0.2, 0.25) is 70.9 Å². The molecule has 12 amide bonds. The first-order valence-corrected chi connectivity index (χ1v) is 30.6. The van der Waals surface area contributed by atoms with Crippen molar-refractivity contribution in [1.82, 2.24) is 63.0 Å². The van der Waals surface area contributed by atoms with E-state index in [1.807, 2.05) is 10.6 Å². The van der Waals surface area contributed by atoms with Crippen LogP contribution in [-0.4, -0.2) is 218 Å². The van der Waals surface area contributed by atoms with E-state index in [-0.39, 0.29) is 51.6 Å². The van der Waals surface area contributed by atoms with Gasteiger partial charge in [0.15, 0.2) is 0 Å². The minimum atomic E-state index is -2.15. The topological polar surface area (TPSA) is 507 Å². The number of carbonyl (C=O) groups is 16. The molecule has 3 fully saturated rings.